The third-order valence-corrected chi connectivity index (χ3v) is 6.42. The molecular formula is C30H22F4N4O2. The fraction of sp³-hybridized carbons (Fsp3) is 0.100. The molecule has 10 heteroatoms. The van der Waals surface area contributed by atoms with E-state index in [2.05, 4.69) is 15.3 Å². The van der Waals surface area contributed by atoms with Gasteiger partial charge in [0.25, 0.3) is 5.91 Å². The maximum atomic E-state index is 13.7. The summed E-state index contributed by atoms with van der Waals surface area (Å²) in [6, 6.07) is 17.0. The molecule has 1 heterocycles. The Bertz CT molecular complexity index is 1750. The summed E-state index contributed by atoms with van der Waals surface area (Å²) in [6.07, 6.45) is -3.00. The Morgan fingerprint density at radius 3 is 2.42 bits per heavy atom. The van der Waals surface area contributed by atoms with Crippen molar-refractivity contribution >= 4 is 28.4 Å². The van der Waals surface area contributed by atoms with Crippen LogP contribution in [0.5, 0.6) is 5.75 Å². The van der Waals surface area contributed by atoms with Gasteiger partial charge in [0, 0.05) is 28.4 Å². The number of carbonyl (C=O) groups excluding carboxylic acids is 1. The number of carbonyl (C=O) groups is 1. The van der Waals surface area contributed by atoms with Gasteiger partial charge in [0.15, 0.2) is 0 Å². The van der Waals surface area contributed by atoms with Crippen molar-refractivity contribution in [2.24, 2.45) is 0 Å². The lowest BCUT2D eigenvalue weighted by Gasteiger charge is -2.19. The Labute approximate surface area is 226 Å². The van der Waals surface area contributed by atoms with Crippen LogP contribution in [0.3, 0.4) is 0 Å². The Morgan fingerprint density at radius 1 is 0.975 bits per heavy atom. The maximum absolute atomic E-state index is 13.7. The molecule has 0 fully saturated rings. The first kappa shape index (κ1) is 26.6. The van der Waals surface area contributed by atoms with Crippen molar-refractivity contribution < 1.29 is 27.1 Å². The third kappa shape index (κ3) is 5.15. The van der Waals surface area contributed by atoms with Crippen molar-refractivity contribution in [2.45, 2.75) is 13.1 Å². The van der Waals surface area contributed by atoms with E-state index in [1.54, 1.807) is 36.5 Å². The molecular weight excluding hydrogens is 524 g/mol. The monoisotopic (exact) mass is 546 g/mol. The molecule has 4 aromatic carbocycles. The molecule has 0 aliphatic rings. The molecule has 0 atom stereocenters. The van der Waals surface area contributed by atoms with Crippen LogP contribution in [0.2, 0.25) is 0 Å². The summed E-state index contributed by atoms with van der Waals surface area (Å²) in [7, 11) is 1.50. The highest BCUT2D eigenvalue weighted by Crippen LogP contribution is 2.45. The average Bonchev–Trinajstić information content (AvgIpc) is 2.93. The van der Waals surface area contributed by atoms with Gasteiger partial charge in [-0.05, 0) is 72.1 Å². The Hall–Kier alpha value is -4.99. The van der Waals surface area contributed by atoms with Crippen LogP contribution in [-0.2, 0) is 6.18 Å². The number of aryl methyl sites for hydroxylation is 1. The van der Waals surface area contributed by atoms with Gasteiger partial charge in [0.05, 0.1) is 23.8 Å². The Morgan fingerprint density at radius 2 is 1.73 bits per heavy atom. The molecule has 0 spiro atoms. The second-order valence-corrected chi connectivity index (χ2v) is 9.07. The summed E-state index contributed by atoms with van der Waals surface area (Å²) >= 11 is 0. The second-order valence-electron chi connectivity index (χ2n) is 9.07. The van der Waals surface area contributed by atoms with Gasteiger partial charge in [-0.3, -0.25) is 4.79 Å². The third-order valence-electron chi connectivity index (χ3n) is 6.42. The largest absolute Gasteiger partial charge is 0.495 e. The molecule has 1 aromatic heterocycles. The minimum atomic E-state index is -4.57. The first-order valence-electron chi connectivity index (χ1n) is 12.0. The number of nitrogens with zero attached hydrogens (tertiary/aromatic N) is 2. The lowest BCUT2D eigenvalue weighted by Crippen LogP contribution is -2.14. The van der Waals surface area contributed by atoms with E-state index in [1.165, 1.54) is 31.4 Å². The van der Waals surface area contributed by atoms with E-state index >= 15 is 0 Å². The SMILES string of the molecule is COc1c(-c2cc(NC(=O)c3cccc(C(F)(F)F)c3)ccc2C)cc2cnc(N)nc2c1-c1ccc(F)cc1. The topological polar surface area (TPSA) is 90.1 Å². The number of nitrogen functional groups attached to an aromatic ring is 1. The number of methoxy groups -OCH3 is 1. The molecule has 202 valence electrons. The summed E-state index contributed by atoms with van der Waals surface area (Å²) in [6.45, 7) is 1.87. The molecule has 0 unspecified atom stereocenters. The Balaban J connectivity index is 1.63. The molecule has 0 aliphatic carbocycles. The van der Waals surface area contributed by atoms with Crippen LogP contribution in [0.4, 0.5) is 29.2 Å². The van der Waals surface area contributed by atoms with Crippen LogP contribution in [-0.4, -0.2) is 23.0 Å². The number of aromatic nitrogens is 2. The number of rotatable bonds is 5. The predicted molar refractivity (Wildman–Crippen MR) is 145 cm³/mol. The van der Waals surface area contributed by atoms with E-state index in [-0.39, 0.29) is 11.5 Å². The number of hydrogen-bond acceptors (Lipinski definition) is 5. The van der Waals surface area contributed by atoms with Crippen molar-refractivity contribution in [3.05, 3.63) is 102 Å². The van der Waals surface area contributed by atoms with Gasteiger partial charge in [0.2, 0.25) is 5.95 Å². The fourth-order valence-electron chi connectivity index (χ4n) is 4.50. The molecule has 1 amide bonds. The van der Waals surface area contributed by atoms with Crippen molar-refractivity contribution in [3.8, 4) is 28.0 Å². The number of nitrogens with two attached hydrogens (primary N) is 1. The van der Waals surface area contributed by atoms with Crippen molar-refractivity contribution in [1.29, 1.82) is 0 Å². The highest BCUT2D eigenvalue weighted by atomic mass is 19.4. The molecule has 6 nitrogen and oxygen atoms in total. The number of anilines is 2. The quantitative estimate of drug-likeness (QED) is 0.226. The number of halogens is 4. The van der Waals surface area contributed by atoms with E-state index < -0.39 is 23.5 Å². The zero-order chi connectivity index (χ0) is 28.6. The highest BCUT2D eigenvalue weighted by molar-refractivity contribution is 6.06. The molecule has 0 radical (unpaired) electrons. The second kappa shape index (κ2) is 10.3. The Kier molecular flexibility index (Phi) is 6.85. The standard InChI is InChI=1S/C30H22F4N4O2/c1-16-6-11-22(37-28(39)18-4-3-5-20(12-18)30(32,33)34)14-23(16)24-13-19-15-36-29(35)38-26(19)25(27(24)40-2)17-7-9-21(31)10-8-17/h3-15H,1-2H3,(H,37,39)(H2,35,36,38). The zero-order valence-corrected chi connectivity index (χ0v) is 21.3. The number of hydrogen-bond donors (Lipinski definition) is 2. The molecule has 40 heavy (non-hydrogen) atoms. The average molecular weight is 547 g/mol. The smallest absolute Gasteiger partial charge is 0.416 e. The van der Waals surface area contributed by atoms with Crippen LogP contribution in [0, 0.1) is 12.7 Å². The molecule has 0 aliphatic heterocycles. The number of nitrogens with one attached hydrogen (secondary N) is 1. The first-order valence-corrected chi connectivity index (χ1v) is 12.0. The van der Waals surface area contributed by atoms with Gasteiger partial charge in [-0.25, -0.2) is 14.4 Å². The lowest BCUT2D eigenvalue weighted by molar-refractivity contribution is -0.137. The maximum Gasteiger partial charge on any atom is 0.416 e. The van der Waals surface area contributed by atoms with Crippen LogP contribution >= 0.6 is 0 Å². The molecule has 5 aromatic rings. The van der Waals surface area contributed by atoms with Gasteiger partial charge in [-0.15, -0.1) is 0 Å². The van der Waals surface area contributed by atoms with E-state index in [1.807, 2.05) is 13.0 Å². The zero-order valence-electron chi connectivity index (χ0n) is 21.3. The van der Waals surface area contributed by atoms with Crippen molar-refractivity contribution in [1.82, 2.24) is 9.97 Å². The van der Waals surface area contributed by atoms with E-state index in [0.29, 0.717) is 44.6 Å². The first-order chi connectivity index (χ1) is 19.0. The van der Waals surface area contributed by atoms with Gasteiger partial charge in [-0.1, -0.05) is 24.3 Å². The summed E-state index contributed by atoms with van der Waals surface area (Å²) < 4.78 is 59.0. The van der Waals surface area contributed by atoms with Crippen LogP contribution in [0.1, 0.15) is 21.5 Å². The van der Waals surface area contributed by atoms with Crippen molar-refractivity contribution in [3.63, 3.8) is 0 Å². The number of benzene rings is 4. The van der Waals surface area contributed by atoms with E-state index in [4.69, 9.17) is 10.5 Å². The fourth-order valence-corrected chi connectivity index (χ4v) is 4.50. The molecule has 5 rings (SSSR count). The summed E-state index contributed by atoms with van der Waals surface area (Å²) in [5, 5.41) is 3.32. The summed E-state index contributed by atoms with van der Waals surface area (Å²) in [4.78, 5) is 21.4. The lowest BCUT2D eigenvalue weighted by atomic mass is 9.92. The minimum absolute atomic E-state index is 0.0566. The molecule has 0 saturated carbocycles. The van der Waals surface area contributed by atoms with Crippen molar-refractivity contribution in [2.75, 3.05) is 18.2 Å². The van der Waals surface area contributed by atoms with E-state index in [0.717, 1.165) is 17.7 Å². The van der Waals surface area contributed by atoms with E-state index in [9.17, 15) is 22.4 Å². The number of alkyl halides is 3. The summed E-state index contributed by atoms with van der Waals surface area (Å²) in [5.41, 5.74) is 9.06. The molecule has 3 N–H and O–H groups in total. The number of ether oxygens (including phenoxy) is 1. The van der Waals surface area contributed by atoms with Gasteiger partial charge in [-0.2, -0.15) is 13.2 Å². The predicted octanol–water partition coefficient (Wildman–Crippen LogP) is 7.27. The van der Waals surface area contributed by atoms with Gasteiger partial charge < -0.3 is 15.8 Å². The molecule has 0 saturated heterocycles. The molecule has 0 bridgehead atoms. The van der Waals surface area contributed by atoms with Crippen LogP contribution in [0.25, 0.3) is 33.2 Å². The highest BCUT2D eigenvalue weighted by Gasteiger charge is 2.31. The van der Waals surface area contributed by atoms with Gasteiger partial charge in [0.1, 0.15) is 11.6 Å². The van der Waals surface area contributed by atoms with Crippen LogP contribution < -0.4 is 15.8 Å². The number of fused-ring (bicyclic) bond motifs is 1. The van der Waals surface area contributed by atoms with Gasteiger partial charge >= 0.3 is 6.18 Å². The number of amides is 1. The minimum Gasteiger partial charge on any atom is -0.495 e. The summed E-state index contributed by atoms with van der Waals surface area (Å²) in [5.74, 6) is -0.609. The normalized spacial score (nSPS) is 11.4. The van der Waals surface area contributed by atoms with Crippen LogP contribution in [0.15, 0.2) is 79.0 Å².